The number of nitrogens with two attached hydrogens (primary N) is 1. The highest BCUT2D eigenvalue weighted by Crippen LogP contribution is 2.17. The minimum Gasteiger partial charge on any atom is -0.380 e. The van der Waals surface area contributed by atoms with Crippen molar-refractivity contribution in [3.8, 4) is 0 Å². The topological polar surface area (TPSA) is 84.7 Å². The zero-order valence-electron chi connectivity index (χ0n) is 14.1. The summed E-state index contributed by atoms with van der Waals surface area (Å²) in [7, 11) is 1.57. The van der Waals surface area contributed by atoms with Crippen molar-refractivity contribution in [3.63, 3.8) is 0 Å². The highest BCUT2D eigenvalue weighted by atomic mass is 35.5. The van der Waals surface area contributed by atoms with Crippen LogP contribution in [0.2, 0.25) is 0 Å². The summed E-state index contributed by atoms with van der Waals surface area (Å²) in [5.41, 5.74) is 5.55. The van der Waals surface area contributed by atoms with Crippen molar-refractivity contribution in [2.24, 2.45) is 5.73 Å². The summed E-state index contributed by atoms with van der Waals surface area (Å²) >= 11 is 1.50. The van der Waals surface area contributed by atoms with Gasteiger partial charge in [-0.15, -0.1) is 23.7 Å². The molecular formula is C16H26ClN3O3S. The Labute approximate surface area is 153 Å². The largest absolute Gasteiger partial charge is 0.380 e. The van der Waals surface area contributed by atoms with Gasteiger partial charge in [-0.05, 0) is 31.9 Å². The molecule has 1 atom stereocenters. The Morgan fingerprint density at radius 2 is 2.08 bits per heavy atom. The van der Waals surface area contributed by atoms with E-state index in [2.05, 4.69) is 5.32 Å². The molecule has 6 nitrogen and oxygen atoms in total. The number of rotatable bonds is 6. The number of halogens is 1. The fraction of sp³-hybridized carbons (Fsp3) is 0.625. The third-order valence-electron chi connectivity index (χ3n) is 4.15. The van der Waals surface area contributed by atoms with Crippen LogP contribution in [0.1, 0.15) is 33.8 Å². The molecule has 1 fully saturated rings. The maximum Gasteiger partial charge on any atom is 0.261 e. The lowest BCUT2D eigenvalue weighted by atomic mass is 10.0. The molecule has 1 aromatic heterocycles. The van der Waals surface area contributed by atoms with Gasteiger partial charge in [-0.3, -0.25) is 9.59 Å². The number of carbonyl (C=O) groups excluding carboxylic acids is 2. The summed E-state index contributed by atoms with van der Waals surface area (Å²) in [5.74, 6) is 0.0522. The predicted molar refractivity (Wildman–Crippen MR) is 97.8 cm³/mol. The lowest BCUT2D eigenvalue weighted by Gasteiger charge is -2.33. The molecule has 3 N–H and O–H groups in total. The molecule has 2 amide bonds. The predicted octanol–water partition coefficient (Wildman–Crippen LogP) is 1.56. The first-order valence-electron chi connectivity index (χ1n) is 7.91. The number of methoxy groups -OCH3 is 1. The average Bonchev–Trinajstić information content (AvgIpc) is 2.99. The minimum atomic E-state index is -0.220. The maximum absolute atomic E-state index is 12.2. The van der Waals surface area contributed by atoms with Crippen LogP contribution in [0.15, 0.2) is 12.1 Å². The third-order valence-corrected chi connectivity index (χ3v) is 5.14. The van der Waals surface area contributed by atoms with Crippen LogP contribution >= 0.6 is 23.7 Å². The molecule has 1 aliphatic heterocycles. The van der Waals surface area contributed by atoms with Gasteiger partial charge in [0.05, 0.1) is 17.4 Å². The second-order valence-electron chi connectivity index (χ2n) is 5.84. The molecule has 2 rings (SSSR count). The van der Waals surface area contributed by atoms with Gasteiger partial charge in [0, 0.05) is 37.7 Å². The molecular weight excluding hydrogens is 350 g/mol. The van der Waals surface area contributed by atoms with Crippen LogP contribution in [0.3, 0.4) is 0 Å². The molecule has 136 valence electrons. The molecule has 0 radical (unpaired) electrons. The van der Waals surface area contributed by atoms with Crippen LogP contribution in [0.5, 0.6) is 0 Å². The van der Waals surface area contributed by atoms with E-state index in [-0.39, 0.29) is 36.4 Å². The summed E-state index contributed by atoms with van der Waals surface area (Å²) in [6.07, 6.45) is 1.66. The van der Waals surface area contributed by atoms with E-state index in [4.69, 9.17) is 10.5 Å². The molecule has 0 spiro atoms. The fourth-order valence-corrected chi connectivity index (χ4v) is 3.44. The van der Waals surface area contributed by atoms with Crippen molar-refractivity contribution < 1.29 is 14.3 Å². The van der Waals surface area contributed by atoms with Crippen LogP contribution in [-0.4, -0.2) is 55.6 Å². The van der Waals surface area contributed by atoms with Crippen LogP contribution in [0, 0.1) is 6.92 Å². The van der Waals surface area contributed by atoms with E-state index in [0.29, 0.717) is 26.1 Å². The van der Waals surface area contributed by atoms with Crippen LogP contribution in [-0.2, 0) is 9.53 Å². The lowest BCUT2D eigenvalue weighted by Crippen LogP contribution is -2.47. The fourth-order valence-electron chi connectivity index (χ4n) is 2.67. The molecule has 8 heteroatoms. The molecule has 0 bridgehead atoms. The number of nitrogens with zero attached hydrogens (tertiary/aromatic N) is 1. The number of nitrogens with one attached hydrogen (secondary N) is 1. The van der Waals surface area contributed by atoms with E-state index in [1.165, 1.54) is 11.3 Å². The van der Waals surface area contributed by atoms with Crippen molar-refractivity contribution in [3.05, 3.63) is 21.9 Å². The van der Waals surface area contributed by atoms with Gasteiger partial charge >= 0.3 is 0 Å². The van der Waals surface area contributed by atoms with E-state index in [0.717, 1.165) is 22.6 Å². The van der Waals surface area contributed by atoms with Gasteiger partial charge in [-0.2, -0.15) is 0 Å². The number of piperidine rings is 1. The summed E-state index contributed by atoms with van der Waals surface area (Å²) in [4.78, 5) is 28.0. The summed E-state index contributed by atoms with van der Waals surface area (Å²) in [6, 6.07) is 3.93. The lowest BCUT2D eigenvalue weighted by molar-refractivity contribution is -0.134. The molecule has 0 aromatic carbocycles. The number of carbonyl (C=O) groups is 2. The van der Waals surface area contributed by atoms with E-state index in [1.807, 2.05) is 24.0 Å². The van der Waals surface area contributed by atoms with Gasteiger partial charge < -0.3 is 20.7 Å². The summed E-state index contributed by atoms with van der Waals surface area (Å²) in [5, 5.41) is 3.06. The number of hydrogen-bond acceptors (Lipinski definition) is 5. The van der Waals surface area contributed by atoms with Gasteiger partial charge in [0.1, 0.15) is 0 Å². The Bertz CT molecular complexity index is 540. The Morgan fingerprint density at radius 3 is 2.58 bits per heavy atom. The Morgan fingerprint density at radius 1 is 1.42 bits per heavy atom. The normalized spacial score (nSPS) is 16.4. The highest BCUT2D eigenvalue weighted by molar-refractivity contribution is 7.13. The molecule has 1 unspecified atom stereocenters. The third kappa shape index (κ3) is 5.73. The van der Waals surface area contributed by atoms with Crippen molar-refractivity contribution in [2.75, 3.05) is 26.7 Å². The van der Waals surface area contributed by atoms with E-state index < -0.39 is 0 Å². The van der Waals surface area contributed by atoms with Crippen molar-refractivity contribution in [1.29, 1.82) is 0 Å². The second kappa shape index (κ2) is 9.98. The van der Waals surface area contributed by atoms with Crippen LogP contribution in [0.4, 0.5) is 0 Å². The highest BCUT2D eigenvalue weighted by Gasteiger charge is 2.25. The quantitative estimate of drug-likeness (QED) is 0.790. The van der Waals surface area contributed by atoms with Gasteiger partial charge in [0.2, 0.25) is 5.91 Å². The second-order valence-corrected chi connectivity index (χ2v) is 7.12. The molecule has 2 heterocycles. The first kappa shape index (κ1) is 20.9. The maximum atomic E-state index is 12.2. The molecule has 0 saturated carbocycles. The van der Waals surface area contributed by atoms with E-state index in [1.54, 1.807) is 7.11 Å². The molecule has 1 saturated heterocycles. The first-order valence-corrected chi connectivity index (χ1v) is 8.73. The summed E-state index contributed by atoms with van der Waals surface area (Å²) < 4.78 is 5.16. The van der Waals surface area contributed by atoms with Crippen molar-refractivity contribution in [2.45, 2.75) is 38.3 Å². The first-order chi connectivity index (χ1) is 11.0. The van der Waals surface area contributed by atoms with E-state index >= 15 is 0 Å². The van der Waals surface area contributed by atoms with Crippen molar-refractivity contribution >= 4 is 35.6 Å². The standard InChI is InChI=1S/C16H25N3O3S.ClH/c1-11-3-4-14(23-11)16(21)18-12-5-7-19(8-6-12)15(20)9-13(10-17)22-2;/h3-4,12-13H,5-10,17H2,1-2H3,(H,18,21);1H. The van der Waals surface area contributed by atoms with Gasteiger partial charge in [-0.1, -0.05) is 0 Å². The Kier molecular flexibility index (Phi) is 8.69. The average molecular weight is 376 g/mol. The van der Waals surface area contributed by atoms with Gasteiger partial charge in [0.25, 0.3) is 5.91 Å². The molecule has 1 aliphatic rings. The number of ether oxygens (including phenoxy) is 1. The van der Waals surface area contributed by atoms with Crippen LogP contribution < -0.4 is 11.1 Å². The van der Waals surface area contributed by atoms with E-state index in [9.17, 15) is 9.59 Å². The number of hydrogen-bond donors (Lipinski definition) is 2. The zero-order valence-corrected chi connectivity index (χ0v) is 15.8. The van der Waals surface area contributed by atoms with Crippen LogP contribution in [0.25, 0.3) is 0 Å². The van der Waals surface area contributed by atoms with Gasteiger partial charge in [0.15, 0.2) is 0 Å². The number of aryl methyl sites for hydroxylation is 1. The van der Waals surface area contributed by atoms with Crippen molar-refractivity contribution in [1.82, 2.24) is 10.2 Å². The minimum absolute atomic E-state index is 0. The number of amides is 2. The smallest absolute Gasteiger partial charge is 0.261 e. The summed E-state index contributed by atoms with van der Waals surface area (Å²) in [6.45, 7) is 3.65. The SMILES string of the molecule is COC(CN)CC(=O)N1CCC(NC(=O)c2ccc(C)s2)CC1.Cl. The number of likely N-dealkylation sites (tertiary alicyclic amines) is 1. The Hall–Kier alpha value is -1.15. The molecule has 24 heavy (non-hydrogen) atoms. The molecule has 1 aromatic rings. The number of thiophene rings is 1. The van der Waals surface area contributed by atoms with Gasteiger partial charge in [-0.25, -0.2) is 0 Å². The molecule has 0 aliphatic carbocycles. The zero-order chi connectivity index (χ0) is 16.8. The Balaban J connectivity index is 0.00000288. The monoisotopic (exact) mass is 375 g/mol.